The van der Waals surface area contributed by atoms with E-state index in [1.165, 1.54) is 15.8 Å². The van der Waals surface area contributed by atoms with E-state index in [0.29, 0.717) is 21.6 Å². The Morgan fingerprint density at radius 3 is 2.81 bits per heavy atom. The van der Waals surface area contributed by atoms with Crippen molar-refractivity contribution in [1.29, 1.82) is 5.26 Å². The van der Waals surface area contributed by atoms with E-state index < -0.39 is 0 Å². The number of anilines is 1. The number of para-hydroxylation sites is 1. The average molecular weight is 381 g/mol. The number of halogens is 1. The minimum absolute atomic E-state index is 0.163. The molecule has 1 heterocycles. The number of hydrogen-bond acceptors (Lipinski definition) is 4. The van der Waals surface area contributed by atoms with Crippen molar-refractivity contribution in [2.75, 3.05) is 11.4 Å². The standard InChI is InChI=1S/C20H17ClN4O2/c1-14-11-15(7-8-17(14)21)25(10-4-9-22)19(26)12-24-13-23-18-6-3-2-5-16(18)20(24)27/h2-3,5-8,11,13H,4,10,12H2,1H3. The van der Waals surface area contributed by atoms with Gasteiger partial charge in [0, 0.05) is 17.3 Å². The molecule has 2 aromatic carbocycles. The van der Waals surface area contributed by atoms with Gasteiger partial charge in [0.25, 0.3) is 5.56 Å². The predicted octanol–water partition coefficient (Wildman–Crippen LogP) is 3.31. The molecular weight excluding hydrogens is 364 g/mol. The Kier molecular flexibility index (Phi) is 5.53. The molecule has 27 heavy (non-hydrogen) atoms. The maximum atomic E-state index is 12.9. The normalized spacial score (nSPS) is 10.6. The van der Waals surface area contributed by atoms with Crippen LogP contribution in [0.5, 0.6) is 0 Å². The fraction of sp³-hybridized carbons (Fsp3) is 0.200. The zero-order valence-corrected chi connectivity index (χ0v) is 15.5. The van der Waals surface area contributed by atoms with Gasteiger partial charge in [-0.2, -0.15) is 5.26 Å². The van der Waals surface area contributed by atoms with Crippen molar-refractivity contribution < 1.29 is 4.79 Å². The molecule has 3 rings (SSSR count). The number of benzene rings is 2. The molecule has 3 aromatic rings. The van der Waals surface area contributed by atoms with Gasteiger partial charge < -0.3 is 4.90 Å². The first-order valence-electron chi connectivity index (χ1n) is 8.39. The molecule has 0 aliphatic carbocycles. The van der Waals surface area contributed by atoms with E-state index in [0.717, 1.165) is 5.56 Å². The van der Waals surface area contributed by atoms with Gasteiger partial charge in [-0.1, -0.05) is 23.7 Å². The Morgan fingerprint density at radius 1 is 1.30 bits per heavy atom. The molecule has 1 amide bonds. The Balaban J connectivity index is 1.93. The molecule has 0 radical (unpaired) electrons. The van der Waals surface area contributed by atoms with Crippen molar-refractivity contribution >= 4 is 34.1 Å². The quantitative estimate of drug-likeness (QED) is 0.680. The fourth-order valence-electron chi connectivity index (χ4n) is 2.81. The molecule has 0 aliphatic heterocycles. The van der Waals surface area contributed by atoms with E-state index in [1.807, 2.05) is 13.0 Å². The summed E-state index contributed by atoms with van der Waals surface area (Å²) in [6.07, 6.45) is 1.55. The molecule has 0 saturated carbocycles. The first-order chi connectivity index (χ1) is 13.0. The molecule has 0 N–H and O–H groups in total. The predicted molar refractivity (Wildman–Crippen MR) is 105 cm³/mol. The Morgan fingerprint density at radius 2 is 2.07 bits per heavy atom. The van der Waals surface area contributed by atoms with E-state index >= 15 is 0 Å². The lowest BCUT2D eigenvalue weighted by Crippen LogP contribution is -2.37. The van der Waals surface area contributed by atoms with Crippen LogP contribution in [0.1, 0.15) is 12.0 Å². The summed E-state index contributed by atoms with van der Waals surface area (Å²) in [6.45, 7) is 1.91. The highest BCUT2D eigenvalue weighted by Gasteiger charge is 2.18. The molecule has 0 spiro atoms. The van der Waals surface area contributed by atoms with Crippen LogP contribution >= 0.6 is 11.6 Å². The Bertz CT molecular complexity index is 1100. The summed E-state index contributed by atoms with van der Waals surface area (Å²) >= 11 is 6.07. The van der Waals surface area contributed by atoms with Gasteiger partial charge in [0.2, 0.25) is 5.91 Å². The van der Waals surface area contributed by atoms with Crippen LogP contribution in [0, 0.1) is 18.3 Å². The minimum Gasteiger partial charge on any atom is -0.310 e. The Labute approximate surface area is 161 Å². The van der Waals surface area contributed by atoms with Gasteiger partial charge in [-0.15, -0.1) is 0 Å². The van der Waals surface area contributed by atoms with Crippen molar-refractivity contribution in [3.8, 4) is 6.07 Å². The molecule has 0 aliphatic rings. The van der Waals surface area contributed by atoms with Crippen molar-refractivity contribution in [1.82, 2.24) is 9.55 Å². The third-order valence-corrected chi connectivity index (χ3v) is 4.66. The molecule has 0 bridgehead atoms. The summed E-state index contributed by atoms with van der Waals surface area (Å²) < 4.78 is 1.28. The van der Waals surface area contributed by atoms with Gasteiger partial charge in [0.15, 0.2) is 0 Å². The van der Waals surface area contributed by atoms with Crippen LogP contribution in [0.2, 0.25) is 5.02 Å². The number of nitriles is 1. The SMILES string of the molecule is Cc1cc(N(CCC#N)C(=O)Cn2cnc3ccccc3c2=O)ccc1Cl. The van der Waals surface area contributed by atoms with E-state index in [9.17, 15) is 9.59 Å². The number of fused-ring (bicyclic) bond motifs is 1. The zero-order chi connectivity index (χ0) is 19.4. The zero-order valence-electron chi connectivity index (χ0n) is 14.7. The topological polar surface area (TPSA) is 79.0 Å². The lowest BCUT2D eigenvalue weighted by molar-refractivity contribution is -0.119. The summed E-state index contributed by atoms with van der Waals surface area (Å²) in [5.74, 6) is -0.300. The summed E-state index contributed by atoms with van der Waals surface area (Å²) in [6, 6.07) is 14.3. The summed E-state index contributed by atoms with van der Waals surface area (Å²) in [4.78, 5) is 31.2. The maximum Gasteiger partial charge on any atom is 0.261 e. The summed E-state index contributed by atoms with van der Waals surface area (Å²) in [5.41, 5.74) is 1.77. The molecule has 0 atom stereocenters. The van der Waals surface area contributed by atoms with E-state index in [1.54, 1.807) is 42.5 Å². The van der Waals surface area contributed by atoms with Gasteiger partial charge >= 0.3 is 0 Å². The van der Waals surface area contributed by atoms with Crippen LogP contribution in [0.4, 0.5) is 5.69 Å². The molecule has 1 aromatic heterocycles. The number of carbonyl (C=O) groups excluding carboxylic acids is 1. The van der Waals surface area contributed by atoms with Crippen LogP contribution < -0.4 is 10.5 Å². The molecule has 0 fully saturated rings. The van der Waals surface area contributed by atoms with E-state index in [2.05, 4.69) is 4.98 Å². The number of nitrogens with zero attached hydrogens (tertiary/aromatic N) is 4. The van der Waals surface area contributed by atoms with E-state index in [-0.39, 0.29) is 31.0 Å². The van der Waals surface area contributed by atoms with Crippen molar-refractivity contribution in [3.05, 3.63) is 69.7 Å². The lowest BCUT2D eigenvalue weighted by Gasteiger charge is -2.23. The van der Waals surface area contributed by atoms with Gasteiger partial charge in [-0.3, -0.25) is 14.2 Å². The highest BCUT2D eigenvalue weighted by Crippen LogP contribution is 2.23. The molecule has 0 unspecified atom stereocenters. The third kappa shape index (κ3) is 3.99. The van der Waals surface area contributed by atoms with Gasteiger partial charge in [-0.25, -0.2) is 4.98 Å². The number of aryl methyl sites for hydroxylation is 1. The average Bonchev–Trinajstić information content (AvgIpc) is 2.67. The summed E-state index contributed by atoms with van der Waals surface area (Å²) in [7, 11) is 0. The monoisotopic (exact) mass is 380 g/mol. The highest BCUT2D eigenvalue weighted by atomic mass is 35.5. The number of aromatic nitrogens is 2. The van der Waals surface area contributed by atoms with Crippen molar-refractivity contribution in [2.24, 2.45) is 0 Å². The second-order valence-electron chi connectivity index (χ2n) is 6.08. The summed E-state index contributed by atoms with van der Waals surface area (Å²) in [5, 5.41) is 9.98. The number of hydrogen-bond donors (Lipinski definition) is 0. The molecular formula is C20H17ClN4O2. The highest BCUT2D eigenvalue weighted by molar-refractivity contribution is 6.31. The van der Waals surface area contributed by atoms with Crippen LogP contribution in [0.3, 0.4) is 0 Å². The minimum atomic E-state index is -0.300. The largest absolute Gasteiger partial charge is 0.310 e. The van der Waals surface area contributed by atoms with Gasteiger partial charge in [-0.05, 0) is 42.8 Å². The van der Waals surface area contributed by atoms with Crippen molar-refractivity contribution in [3.63, 3.8) is 0 Å². The van der Waals surface area contributed by atoms with Gasteiger partial charge in [0.1, 0.15) is 6.54 Å². The lowest BCUT2D eigenvalue weighted by atomic mass is 10.2. The van der Waals surface area contributed by atoms with Crippen LogP contribution in [0.25, 0.3) is 10.9 Å². The van der Waals surface area contributed by atoms with Gasteiger partial charge in [0.05, 0.1) is 29.7 Å². The third-order valence-electron chi connectivity index (χ3n) is 4.24. The van der Waals surface area contributed by atoms with Crippen molar-refractivity contribution in [2.45, 2.75) is 19.9 Å². The second kappa shape index (κ2) is 8.02. The fourth-order valence-corrected chi connectivity index (χ4v) is 2.92. The second-order valence-corrected chi connectivity index (χ2v) is 6.49. The smallest absolute Gasteiger partial charge is 0.261 e. The van der Waals surface area contributed by atoms with Crippen LogP contribution in [-0.2, 0) is 11.3 Å². The van der Waals surface area contributed by atoms with E-state index in [4.69, 9.17) is 16.9 Å². The first-order valence-corrected chi connectivity index (χ1v) is 8.76. The number of rotatable bonds is 5. The first kappa shape index (κ1) is 18.6. The molecule has 136 valence electrons. The molecule has 0 saturated heterocycles. The maximum absolute atomic E-state index is 12.9. The number of amides is 1. The molecule has 7 heteroatoms. The Hall–Kier alpha value is -3.17. The van der Waals surface area contributed by atoms with Crippen LogP contribution in [-0.4, -0.2) is 22.0 Å². The molecule has 6 nitrogen and oxygen atoms in total. The van der Waals surface area contributed by atoms with Crippen LogP contribution in [0.15, 0.2) is 53.6 Å². The number of carbonyl (C=O) groups is 1.